The first kappa shape index (κ1) is 16.2. The van der Waals surface area contributed by atoms with Gasteiger partial charge in [-0.3, -0.25) is 0 Å². The summed E-state index contributed by atoms with van der Waals surface area (Å²) >= 11 is 1.38. The molecule has 128 valence electrons. The maximum Gasteiger partial charge on any atom is 0.336 e. The zero-order valence-electron chi connectivity index (χ0n) is 13.2. The average Bonchev–Trinajstić information content (AvgIpc) is 3.14. The summed E-state index contributed by atoms with van der Waals surface area (Å²) in [5, 5.41) is 12.1. The van der Waals surface area contributed by atoms with Gasteiger partial charge in [-0.2, -0.15) is 0 Å². The summed E-state index contributed by atoms with van der Waals surface area (Å²) < 4.78 is 19.1. The zero-order valence-corrected chi connectivity index (χ0v) is 14.0. The number of ether oxygens (including phenoxy) is 1. The number of carbonyl (C=O) groups is 1. The lowest BCUT2D eigenvalue weighted by atomic mass is 10.0. The Balaban J connectivity index is 1.74. The van der Waals surface area contributed by atoms with Crippen molar-refractivity contribution in [1.29, 1.82) is 0 Å². The summed E-state index contributed by atoms with van der Waals surface area (Å²) in [6.45, 7) is 0. The largest absolute Gasteiger partial charge is 0.478 e. The fraction of sp³-hybridized carbons (Fsp3) is 0. The molecule has 1 N–H and O–H groups in total. The van der Waals surface area contributed by atoms with Crippen LogP contribution in [-0.2, 0) is 0 Å². The van der Waals surface area contributed by atoms with E-state index in [0.717, 1.165) is 5.56 Å². The summed E-state index contributed by atoms with van der Waals surface area (Å²) in [5.74, 6) is -1.02. The normalized spacial score (nSPS) is 10.8. The number of fused-ring (bicyclic) bond motifs is 1. The zero-order chi connectivity index (χ0) is 18.1. The van der Waals surface area contributed by atoms with Crippen LogP contribution in [0.5, 0.6) is 10.9 Å². The Morgan fingerprint density at radius 2 is 1.92 bits per heavy atom. The third kappa shape index (κ3) is 3.12. The first-order valence-corrected chi connectivity index (χ1v) is 8.49. The van der Waals surface area contributed by atoms with Gasteiger partial charge in [0.2, 0.25) is 0 Å². The quantitative estimate of drug-likeness (QED) is 0.551. The number of carboxylic acids is 1. The van der Waals surface area contributed by atoms with Crippen molar-refractivity contribution < 1.29 is 19.0 Å². The highest BCUT2D eigenvalue weighted by Gasteiger charge is 2.14. The van der Waals surface area contributed by atoms with Gasteiger partial charge in [-0.15, -0.1) is 0 Å². The number of aromatic nitrogens is 2. The van der Waals surface area contributed by atoms with E-state index < -0.39 is 11.8 Å². The molecule has 0 aliphatic heterocycles. The van der Waals surface area contributed by atoms with Gasteiger partial charge in [0, 0.05) is 22.5 Å². The maximum absolute atomic E-state index is 13.5. The molecular formula is C19H11FN2O3S. The van der Waals surface area contributed by atoms with Crippen LogP contribution in [0.3, 0.4) is 0 Å². The van der Waals surface area contributed by atoms with Crippen LogP contribution >= 0.6 is 11.3 Å². The molecule has 2 aromatic heterocycles. The molecule has 0 amide bonds. The van der Waals surface area contributed by atoms with Gasteiger partial charge in [-0.25, -0.2) is 19.2 Å². The van der Waals surface area contributed by atoms with Crippen molar-refractivity contribution in [2.75, 3.05) is 0 Å². The number of hydrogen-bond donors (Lipinski definition) is 1. The highest BCUT2D eigenvalue weighted by molar-refractivity contribution is 7.11. The summed E-state index contributed by atoms with van der Waals surface area (Å²) in [7, 11) is 0. The first-order chi connectivity index (χ1) is 12.6. The number of rotatable bonds is 4. The smallest absolute Gasteiger partial charge is 0.336 e. The molecule has 0 saturated carbocycles. The predicted molar refractivity (Wildman–Crippen MR) is 96.3 cm³/mol. The Morgan fingerprint density at radius 1 is 1.12 bits per heavy atom. The molecule has 5 nitrogen and oxygen atoms in total. The number of aromatic carboxylic acids is 1. The molecule has 4 rings (SSSR count). The monoisotopic (exact) mass is 366 g/mol. The van der Waals surface area contributed by atoms with Crippen molar-refractivity contribution in [2.45, 2.75) is 0 Å². The third-order valence-corrected chi connectivity index (χ3v) is 4.41. The van der Waals surface area contributed by atoms with Crippen LogP contribution in [-0.4, -0.2) is 21.0 Å². The van der Waals surface area contributed by atoms with Crippen molar-refractivity contribution in [1.82, 2.24) is 9.97 Å². The molecule has 0 fully saturated rings. The Hall–Kier alpha value is -3.32. The standard InChI is InChI=1S/C19H11FN2O3S/c20-12-3-6-16-14(9-12)15(18(23)24)10-17(22-16)11-1-4-13(5-2-11)25-19-21-7-8-26-19/h1-10H,(H,23,24). The minimum atomic E-state index is -1.13. The van der Waals surface area contributed by atoms with Gasteiger partial charge in [0.1, 0.15) is 11.6 Å². The molecule has 0 spiro atoms. The molecule has 4 aromatic rings. The van der Waals surface area contributed by atoms with Crippen LogP contribution in [0.1, 0.15) is 10.4 Å². The van der Waals surface area contributed by atoms with Gasteiger partial charge in [-0.1, -0.05) is 11.3 Å². The average molecular weight is 366 g/mol. The SMILES string of the molecule is O=C(O)c1cc(-c2ccc(Oc3nccs3)cc2)nc2ccc(F)cc12. The number of pyridine rings is 1. The van der Waals surface area contributed by atoms with Crippen LogP contribution in [0.4, 0.5) is 4.39 Å². The molecule has 0 radical (unpaired) electrons. The van der Waals surface area contributed by atoms with Crippen molar-refractivity contribution in [3.8, 4) is 22.2 Å². The topological polar surface area (TPSA) is 72.3 Å². The molecule has 0 aliphatic rings. The summed E-state index contributed by atoms with van der Waals surface area (Å²) in [4.78, 5) is 20.1. The number of halogens is 1. The van der Waals surface area contributed by atoms with Gasteiger partial charge in [0.05, 0.1) is 16.8 Å². The molecule has 2 aromatic carbocycles. The minimum Gasteiger partial charge on any atom is -0.478 e. The molecule has 2 heterocycles. The van der Waals surface area contributed by atoms with Crippen molar-refractivity contribution in [3.05, 3.63) is 71.5 Å². The van der Waals surface area contributed by atoms with Crippen LogP contribution in [0, 0.1) is 5.82 Å². The van der Waals surface area contributed by atoms with E-state index in [4.69, 9.17) is 4.74 Å². The molecular weight excluding hydrogens is 355 g/mol. The van der Waals surface area contributed by atoms with E-state index in [1.165, 1.54) is 35.6 Å². The number of carboxylic acid groups (broad SMARTS) is 1. The van der Waals surface area contributed by atoms with E-state index in [0.29, 0.717) is 22.2 Å². The van der Waals surface area contributed by atoms with Gasteiger partial charge in [-0.05, 0) is 48.5 Å². The maximum atomic E-state index is 13.5. The Bertz CT molecular complexity index is 1100. The van der Waals surface area contributed by atoms with Crippen molar-refractivity contribution in [2.24, 2.45) is 0 Å². The molecule has 0 unspecified atom stereocenters. The molecule has 7 heteroatoms. The van der Waals surface area contributed by atoms with Crippen LogP contribution in [0.25, 0.3) is 22.2 Å². The summed E-state index contributed by atoms with van der Waals surface area (Å²) in [5.41, 5.74) is 1.64. The Kier molecular flexibility index (Phi) is 4.06. The summed E-state index contributed by atoms with van der Waals surface area (Å²) in [6, 6.07) is 12.4. The fourth-order valence-electron chi connectivity index (χ4n) is 2.58. The van der Waals surface area contributed by atoms with Crippen LogP contribution in [0.2, 0.25) is 0 Å². The molecule has 0 saturated heterocycles. The number of benzene rings is 2. The van der Waals surface area contributed by atoms with Gasteiger partial charge in [0.15, 0.2) is 0 Å². The van der Waals surface area contributed by atoms with E-state index in [1.807, 2.05) is 5.38 Å². The lowest BCUT2D eigenvalue weighted by molar-refractivity contribution is 0.0699. The van der Waals surface area contributed by atoms with E-state index in [9.17, 15) is 14.3 Å². The van der Waals surface area contributed by atoms with E-state index in [-0.39, 0.29) is 10.9 Å². The first-order valence-electron chi connectivity index (χ1n) is 7.61. The highest BCUT2D eigenvalue weighted by atomic mass is 32.1. The molecule has 26 heavy (non-hydrogen) atoms. The fourth-order valence-corrected chi connectivity index (χ4v) is 3.08. The van der Waals surface area contributed by atoms with Gasteiger partial charge < -0.3 is 9.84 Å². The van der Waals surface area contributed by atoms with Crippen LogP contribution in [0.15, 0.2) is 60.1 Å². The minimum absolute atomic E-state index is 0.00705. The van der Waals surface area contributed by atoms with E-state index in [1.54, 1.807) is 30.5 Å². The Morgan fingerprint density at radius 3 is 2.62 bits per heavy atom. The molecule has 0 aliphatic carbocycles. The van der Waals surface area contributed by atoms with Crippen LogP contribution < -0.4 is 4.74 Å². The second-order valence-corrected chi connectivity index (χ2v) is 6.30. The van der Waals surface area contributed by atoms with E-state index >= 15 is 0 Å². The number of thiazole rings is 1. The Labute approximate surface area is 151 Å². The number of nitrogens with zero attached hydrogens (tertiary/aromatic N) is 2. The molecule has 0 atom stereocenters. The predicted octanol–water partition coefficient (Wildman–Crippen LogP) is 4.99. The second kappa shape index (κ2) is 6.53. The van der Waals surface area contributed by atoms with Crippen molar-refractivity contribution in [3.63, 3.8) is 0 Å². The lowest BCUT2D eigenvalue weighted by Gasteiger charge is -2.08. The lowest BCUT2D eigenvalue weighted by Crippen LogP contribution is -2.00. The number of hydrogen-bond acceptors (Lipinski definition) is 5. The third-order valence-electron chi connectivity index (χ3n) is 3.77. The van der Waals surface area contributed by atoms with E-state index in [2.05, 4.69) is 9.97 Å². The highest BCUT2D eigenvalue weighted by Crippen LogP contribution is 2.29. The van der Waals surface area contributed by atoms with Gasteiger partial charge >= 0.3 is 5.97 Å². The molecule has 0 bridgehead atoms. The summed E-state index contributed by atoms with van der Waals surface area (Å²) in [6.07, 6.45) is 1.66. The van der Waals surface area contributed by atoms with Crippen molar-refractivity contribution >= 4 is 28.2 Å². The second-order valence-electron chi connectivity index (χ2n) is 5.45. The van der Waals surface area contributed by atoms with Gasteiger partial charge in [0.25, 0.3) is 5.19 Å².